The lowest BCUT2D eigenvalue weighted by Crippen LogP contribution is -2.38. The van der Waals surface area contributed by atoms with Crippen LogP contribution in [0.5, 0.6) is 0 Å². The Morgan fingerprint density at radius 2 is 1.85 bits per heavy atom. The minimum Gasteiger partial charge on any atom is -0.383 e. The third-order valence-corrected chi connectivity index (χ3v) is 5.33. The van der Waals surface area contributed by atoms with Gasteiger partial charge >= 0.3 is 0 Å². The summed E-state index contributed by atoms with van der Waals surface area (Å²) in [5.74, 6) is -0.189. The summed E-state index contributed by atoms with van der Waals surface area (Å²) in [5, 5.41) is 12.0. The van der Waals surface area contributed by atoms with E-state index in [9.17, 15) is 14.4 Å². The largest absolute Gasteiger partial charge is 0.383 e. The molecule has 4 N–H and O–H groups in total. The maximum atomic E-state index is 12.5. The van der Waals surface area contributed by atoms with Crippen LogP contribution in [0.15, 0.2) is 30.4 Å². The van der Waals surface area contributed by atoms with E-state index in [1.165, 1.54) is 0 Å². The number of carbonyl (C=O) groups is 3. The highest BCUT2D eigenvalue weighted by atomic mass is 16.2. The van der Waals surface area contributed by atoms with Crippen molar-refractivity contribution in [2.75, 3.05) is 18.4 Å². The first-order chi connectivity index (χ1) is 13.1. The van der Waals surface area contributed by atoms with Crippen LogP contribution in [0.25, 0.3) is 0 Å². The number of nitrogens with one attached hydrogen (secondary N) is 4. The van der Waals surface area contributed by atoms with Crippen LogP contribution in [0.2, 0.25) is 0 Å². The molecule has 1 heterocycles. The van der Waals surface area contributed by atoms with Gasteiger partial charge < -0.3 is 21.3 Å². The summed E-state index contributed by atoms with van der Waals surface area (Å²) in [6.07, 6.45) is 7.57. The summed E-state index contributed by atoms with van der Waals surface area (Å²) >= 11 is 0. The van der Waals surface area contributed by atoms with E-state index in [1.54, 1.807) is 18.2 Å². The van der Waals surface area contributed by atoms with E-state index in [0.29, 0.717) is 29.9 Å². The molecule has 0 spiro atoms. The molecule has 0 saturated heterocycles. The fourth-order valence-corrected chi connectivity index (χ4v) is 3.60. The Morgan fingerprint density at radius 3 is 2.67 bits per heavy atom. The second-order valence-corrected chi connectivity index (χ2v) is 7.36. The highest BCUT2D eigenvalue weighted by molar-refractivity contribution is 6.03. The quantitative estimate of drug-likeness (QED) is 0.600. The van der Waals surface area contributed by atoms with Crippen LogP contribution in [-0.4, -0.2) is 42.9 Å². The van der Waals surface area contributed by atoms with Gasteiger partial charge in [-0.1, -0.05) is 12.2 Å². The van der Waals surface area contributed by atoms with Gasteiger partial charge in [0.2, 0.25) is 5.91 Å². The number of anilines is 1. The second-order valence-electron chi connectivity index (χ2n) is 7.36. The van der Waals surface area contributed by atoms with Crippen molar-refractivity contribution in [1.29, 1.82) is 0 Å². The summed E-state index contributed by atoms with van der Waals surface area (Å²) in [4.78, 5) is 36.7. The van der Waals surface area contributed by atoms with E-state index in [1.807, 2.05) is 0 Å². The van der Waals surface area contributed by atoms with E-state index in [4.69, 9.17) is 0 Å². The van der Waals surface area contributed by atoms with Crippen molar-refractivity contribution in [3.05, 3.63) is 41.5 Å². The van der Waals surface area contributed by atoms with Crippen LogP contribution in [0, 0.1) is 5.92 Å². The number of hydrogen-bond donors (Lipinski definition) is 4. The van der Waals surface area contributed by atoms with Crippen molar-refractivity contribution in [3.8, 4) is 0 Å². The highest BCUT2D eigenvalue weighted by Gasteiger charge is 2.40. The molecule has 7 nitrogen and oxygen atoms in total. The predicted molar refractivity (Wildman–Crippen MR) is 102 cm³/mol. The zero-order valence-electron chi connectivity index (χ0n) is 15.1. The third-order valence-electron chi connectivity index (χ3n) is 5.33. The first kappa shape index (κ1) is 17.6. The van der Waals surface area contributed by atoms with Crippen LogP contribution >= 0.6 is 0 Å². The van der Waals surface area contributed by atoms with Crippen molar-refractivity contribution >= 4 is 23.4 Å². The molecule has 0 bridgehead atoms. The molecule has 1 aromatic rings. The monoisotopic (exact) mass is 368 g/mol. The maximum Gasteiger partial charge on any atom is 0.253 e. The van der Waals surface area contributed by atoms with E-state index in [2.05, 4.69) is 33.4 Å². The Bertz CT molecular complexity index is 804. The molecule has 3 amide bonds. The summed E-state index contributed by atoms with van der Waals surface area (Å²) < 4.78 is 0. The molecule has 1 fully saturated rings. The average molecular weight is 368 g/mol. The van der Waals surface area contributed by atoms with Gasteiger partial charge in [0, 0.05) is 30.3 Å². The van der Waals surface area contributed by atoms with Gasteiger partial charge in [0.05, 0.1) is 17.6 Å². The van der Waals surface area contributed by atoms with E-state index in [0.717, 1.165) is 25.7 Å². The van der Waals surface area contributed by atoms with Gasteiger partial charge in [-0.25, -0.2) is 0 Å². The summed E-state index contributed by atoms with van der Waals surface area (Å²) in [6, 6.07) is 5.01. The molecule has 1 aromatic carbocycles. The second kappa shape index (κ2) is 7.42. The molecule has 27 heavy (non-hydrogen) atoms. The van der Waals surface area contributed by atoms with Gasteiger partial charge in [-0.2, -0.15) is 0 Å². The number of carbonyl (C=O) groups excluding carboxylic acids is 3. The lowest BCUT2D eigenvalue weighted by Gasteiger charge is -2.17. The number of allylic oxidation sites excluding steroid dienone is 2. The van der Waals surface area contributed by atoms with Crippen molar-refractivity contribution in [2.45, 2.75) is 37.8 Å². The Balaban J connectivity index is 1.32. The molecule has 1 saturated carbocycles. The molecule has 142 valence electrons. The van der Waals surface area contributed by atoms with Crippen LogP contribution in [-0.2, 0) is 4.79 Å². The SMILES string of the molecule is O=C(N[C@@H]1C[C@H]1NC(=O)[C@H]1CC=CCC1)c1ccc2c(c1)NCCNC2=O. The smallest absolute Gasteiger partial charge is 0.253 e. The minimum absolute atomic E-state index is 0.0112. The van der Waals surface area contributed by atoms with Crippen LogP contribution in [0.1, 0.15) is 46.4 Å². The molecule has 2 aliphatic carbocycles. The number of amides is 3. The highest BCUT2D eigenvalue weighted by Crippen LogP contribution is 2.25. The molecule has 3 atom stereocenters. The Labute approximate surface area is 158 Å². The van der Waals surface area contributed by atoms with Gasteiger partial charge in [-0.15, -0.1) is 0 Å². The van der Waals surface area contributed by atoms with Gasteiger partial charge in [-0.3, -0.25) is 14.4 Å². The van der Waals surface area contributed by atoms with Crippen molar-refractivity contribution in [3.63, 3.8) is 0 Å². The van der Waals surface area contributed by atoms with E-state index >= 15 is 0 Å². The van der Waals surface area contributed by atoms with Crippen molar-refractivity contribution in [2.24, 2.45) is 5.92 Å². The van der Waals surface area contributed by atoms with Crippen LogP contribution in [0.3, 0.4) is 0 Å². The fraction of sp³-hybridized carbons (Fsp3) is 0.450. The van der Waals surface area contributed by atoms with Gasteiger partial charge in [0.15, 0.2) is 0 Å². The van der Waals surface area contributed by atoms with Gasteiger partial charge in [0.1, 0.15) is 0 Å². The summed E-state index contributed by atoms with van der Waals surface area (Å²) in [6.45, 7) is 1.17. The van der Waals surface area contributed by atoms with Crippen molar-refractivity contribution < 1.29 is 14.4 Å². The van der Waals surface area contributed by atoms with E-state index < -0.39 is 0 Å². The Morgan fingerprint density at radius 1 is 1.04 bits per heavy atom. The molecule has 3 aliphatic rings. The number of hydrogen-bond acceptors (Lipinski definition) is 4. The molecule has 1 aliphatic heterocycles. The third kappa shape index (κ3) is 3.97. The molecule has 0 aromatic heterocycles. The normalized spacial score (nSPS) is 26.1. The summed E-state index contributed by atoms with van der Waals surface area (Å²) in [7, 11) is 0. The molecule has 4 rings (SSSR count). The topological polar surface area (TPSA) is 99.3 Å². The lowest BCUT2D eigenvalue weighted by molar-refractivity contribution is -0.125. The number of fused-ring (bicyclic) bond motifs is 1. The van der Waals surface area contributed by atoms with Gasteiger partial charge in [0.25, 0.3) is 11.8 Å². The van der Waals surface area contributed by atoms with Crippen LogP contribution < -0.4 is 21.3 Å². The fourth-order valence-electron chi connectivity index (χ4n) is 3.60. The summed E-state index contributed by atoms with van der Waals surface area (Å²) in [5.41, 5.74) is 1.72. The molecule has 7 heteroatoms. The van der Waals surface area contributed by atoms with Gasteiger partial charge in [-0.05, 0) is 43.9 Å². The standard InChI is InChI=1S/C20H24N4O3/c25-18(12-4-2-1-3-5-12)23-16-11-17(16)24-19(26)13-6-7-14-15(10-13)21-8-9-22-20(14)27/h1-2,6-7,10,12,16-17,21H,3-5,8-9,11H2,(H,22,27)(H,23,25)(H,24,26)/t12-,16+,17+/m0/s1. The first-order valence-electron chi connectivity index (χ1n) is 9.54. The van der Waals surface area contributed by atoms with Crippen molar-refractivity contribution in [1.82, 2.24) is 16.0 Å². The molecule has 0 radical (unpaired) electrons. The maximum absolute atomic E-state index is 12.5. The zero-order valence-corrected chi connectivity index (χ0v) is 15.1. The Kier molecular flexibility index (Phi) is 4.83. The van der Waals surface area contributed by atoms with Crippen LogP contribution in [0.4, 0.5) is 5.69 Å². The molecule has 0 unspecified atom stereocenters. The Hall–Kier alpha value is -2.83. The molecular weight excluding hydrogens is 344 g/mol. The predicted octanol–water partition coefficient (Wildman–Crippen LogP) is 1.19. The first-order valence-corrected chi connectivity index (χ1v) is 9.54. The average Bonchev–Trinajstić information content (AvgIpc) is 3.45. The molecular formula is C20H24N4O3. The minimum atomic E-state index is -0.188. The zero-order chi connectivity index (χ0) is 18.8. The van der Waals surface area contributed by atoms with E-state index in [-0.39, 0.29) is 35.7 Å². The number of benzene rings is 1. The number of rotatable bonds is 4. The lowest BCUT2D eigenvalue weighted by atomic mass is 9.94.